The van der Waals surface area contributed by atoms with Gasteiger partial charge in [-0.05, 0) is 25.0 Å². The molecule has 1 aliphatic rings. The van der Waals surface area contributed by atoms with Gasteiger partial charge in [-0.1, -0.05) is 23.7 Å². The van der Waals surface area contributed by atoms with Crippen molar-refractivity contribution in [2.75, 3.05) is 24.7 Å². The highest BCUT2D eigenvalue weighted by Crippen LogP contribution is 2.24. The maximum Gasteiger partial charge on any atom is 0.211 e. The molecule has 1 aliphatic heterocycles. The predicted molar refractivity (Wildman–Crippen MR) is 74.5 cm³/mol. The van der Waals surface area contributed by atoms with Gasteiger partial charge in [-0.3, -0.25) is 0 Å². The Hall–Kier alpha value is -0.780. The van der Waals surface area contributed by atoms with Gasteiger partial charge >= 0.3 is 0 Å². The van der Waals surface area contributed by atoms with Gasteiger partial charge in [-0.2, -0.15) is 0 Å². The van der Waals surface area contributed by atoms with Crippen LogP contribution in [0.2, 0.25) is 5.02 Å². The molecule has 1 aromatic carbocycles. The third-order valence-electron chi connectivity index (χ3n) is 3.16. The molecule has 1 N–H and O–H groups in total. The number of nitrogens with zero attached hydrogens (tertiary/aromatic N) is 1. The number of rotatable bonds is 3. The van der Waals surface area contributed by atoms with E-state index >= 15 is 0 Å². The topological polar surface area (TPSA) is 49.4 Å². The van der Waals surface area contributed by atoms with Gasteiger partial charge in [-0.15, -0.1) is 0 Å². The predicted octanol–water partition coefficient (Wildman–Crippen LogP) is 2.18. The van der Waals surface area contributed by atoms with Crippen molar-refractivity contribution in [2.24, 2.45) is 0 Å². The Balaban J connectivity index is 1.94. The maximum atomic E-state index is 11.4. The average Bonchev–Trinajstić information content (AvgIpc) is 2.32. The lowest BCUT2D eigenvalue weighted by Gasteiger charge is -2.31. The number of benzene rings is 1. The molecule has 0 atom stereocenters. The quantitative estimate of drug-likeness (QED) is 0.927. The molecule has 100 valence electrons. The maximum absolute atomic E-state index is 11.4. The molecule has 0 amide bonds. The lowest BCUT2D eigenvalue weighted by molar-refractivity contribution is 0.332. The molecular weight excluding hydrogens is 272 g/mol. The highest BCUT2D eigenvalue weighted by atomic mass is 35.5. The van der Waals surface area contributed by atoms with Crippen LogP contribution in [0, 0.1) is 0 Å². The molecule has 1 saturated heterocycles. The van der Waals surface area contributed by atoms with Gasteiger partial charge in [0.1, 0.15) is 0 Å². The summed E-state index contributed by atoms with van der Waals surface area (Å²) in [7, 11) is -3.05. The molecule has 0 saturated carbocycles. The Morgan fingerprint density at radius 2 is 1.89 bits per heavy atom. The number of halogens is 1. The van der Waals surface area contributed by atoms with Crippen LogP contribution in [0.25, 0.3) is 0 Å². The van der Waals surface area contributed by atoms with E-state index in [0.29, 0.717) is 18.1 Å². The molecule has 0 unspecified atom stereocenters. The minimum absolute atomic E-state index is 0.280. The monoisotopic (exact) mass is 288 g/mol. The van der Waals surface area contributed by atoms with Gasteiger partial charge in [0.25, 0.3) is 0 Å². The van der Waals surface area contributed by atoms with Crippen LogP contribution in [0.5, 0.6) is 0 Å². The number of sulfonamides is 1. The molecule has 0 aliphatic carbocycles. The van der Waals surface area contributed by atoms with Crippen molar-refractivity contribution in [3.8, 4) is 0 Å². The summed E-state index contributed by atoms with van der Waals surface area (Å²) < 4.78 is 24.3. The van der Waals surface area contributed by atoms with Gasteiger partial charge < -0.3 is 5.32 Å². The number of anilines is 1. The highest BCUT2D eigenvalue weighted by molar-refractivity contribution is 7.88. The highest BCUT2D eigenvalue weighted by Gasteiger charge is 2.24. The van der Waals surface area contributed by atoms with Crippen LogP contribution in [-0.2, 0) is 10.0 Å². The Morgan fingerprint density at radius 1 is 1.28 bits per heavy atom. The molecule has 18 heavy (non-hydrogen) atoms. The fourth-order valence-electron chi connectivity index (χ4n) is 2.13. The molecule has 4 nitrogen and oxygen atoms in total. The minimum atomic E-state index is -3.05. The third kappa shape index (κ3) is 3.37. The van der Waals surface area contributed by atoms with E-state index < -0.39 is 10.0 Å². The van der Waals surface area contributed by atoms with Crippen LogP contribution in [0.1, 0.15) is 12.8 Å². The van der Waals surface area contributed by atoms with Crippen molar-refractivity contribution >= 4 is 27.3 Å². The second-order valence-corrected chi connectivity index (χ2v) is 6.95. The van der Waals surface area contributed by atoms with Crippen LogP contribution in [-0.4, -0.2) is 38.1 Å². The SMILES string of the molecule is CS(=O)(=O)N1CCC(Nc2ccccc2Cl)CC1. The zero-order chi connectivity index (χ0) is 13.2. The lowest BCUT2D eigenvalue weighted by Crippen LogP contribution is -2.41. The van der Waals surface area contributed by atoms with Crippen molar-refractivity contribution in [2.45, 2.75) is 18.9 Å². The third-order valence-corrected chi connectivity index (χ3v) is 4.79. The first-order valence-electron chi connectivity index (χ1n) is 5.93. The van der Waals surface area contributed by atoms with Crippen molar-refractivity contribution in [1.82, 2.24) is 4.31 Å². The average molecular weight is 289 g/mol. The van der Waals surface area contributed by atoms with E-state index in [0.717, 1.165) is 18.5 Å². The summed E-state index contributed by atoms with van der Waals surface area (Å²) in [5.41, 5.74) is 0.914. The van der Waals surface area contributed by atoms with E-state index in [1.165, 1.54) is 10.6 Å². The van der Waals surface area contributed by atoms with Crippen LogP contribution in [0.3, 0.4) is 0 Å². The summed E-state index contributed by atoms with van der Waals surface area (Å²) in [4.78, 5) is 0. The molecule has 2 rings (SSSR count). The van der Waals surface area contributed by atoms with Gasteiger partial charge in [-0.25, -0.2) is 12.7 Å². The summed E-state index contributed by atoms with van der Waals surface area (Å²) in [5.74, 6) is 0. The second-order valence-electron chi connectivity index (χ2n) is 4.56. The van der Waals surface area contributed by atoms with Crippen molar-refractivity contribution in [3.05, 3.63) is 29.3 Å². The minimum Gasteiger partial charge on any atom is -0.381 e. The van der Waals surface area contributed by atoms with Gasteiger partial charge in [0.15, 0.2) is 0 Å². The molecule has 0 aromatic heterocycles. The fourth-order valence-corrected chi connectivity index (χ4v) is 3.19. The molecule has 1 fully saturated rings. The summed E-state index contributed by atoms with van der Waals surface area (Å²) in [6, 6.07) is 7.88. The molecule has 0 spiro atoms. The van der Waals surface area contributed by atoms with E-state index in [9.17, 15) is 8.42 Å². The van der Waals surface area contributed by atoms with Gasteiger partial charge in [0.2, 0.25) is 10.0 Å². The number of para-hydroxylation sites is 1. The van der Waals surface area contributed by atoms with Crippen molar-refractivity contribution < 1.29 is 8.42 Å². The Morgan fingerprint density at radius 3 is 2.44 bits per heavy atom. The number of piperidine rings is 1. The normalized spacial score (nSPS) is 18.8. The van der Waals surface area contributed by atoms with Gasteiger partial charge in [0, 0.05) is 19.1 Å². The summed E-state index contributed by atoms with van der Waals surface area (Å²) in [6.07, 6.45) is 2.87. The molecule has 0 radical (unpaired) electrons. The number of hydrogen-bond acceptors (Lipinski definition) is 3. The zero-order valence-corrected chi connectivity index (χ0v) is 11.8. The van der Waals surface area contributed by atoms with E-state index in [1.54, 1.807) is 0 Å². The Labute approximate surface area is 113 Å². The van der Waals surface area contributed by atoms with E-state index in [1.807, 2.05) is 24.3 Å². The molecule has 1 heterocycles. The molecule has 0 bridgehead atoms. The van der Waals surface area contributed by atoms with E-state index in [4.69, 9.17) is 11.6 Å². The smallest absolute Gasteiger partial charge is 0.211 e. The molecular formula is C12H17ClN2O2S. The van der Waals surface area contributed by atoms with E-state index in [-0.39, 0.29) is 6.04 Å². The lowest BCUT2D eigenvalue weighted by atomic mass is 10.1. The van der Waals surface area contributed by atoms with Crippen LogP contribution < -0.4 is 5.32 Å². The van der Waals surface area contributed by atoms with Crippen LogP contribution >= 0.6 is 11.6 Å². The van der Waals surface area contributed by atoms with Crippen LogP contribution in [0.4, 0.5) is 5.69 Å². The zero-order valence-electron chi connectivity index (χ0n) is 10.3. The summed E-state index contributed by atoms with van der Waals surface area (Å²) in [5, 5.41) is 4.06. The summed E-state index contributed by atoms with van der Waals surface area (Å²) >= 11 is 6.08. The largest absolute Gasteiger partial charge is 0.381 e. The molecule has 6 heteroatoms. The first-order chi connectivity index (χ1) is 8.47. The second kappa shape index (κ2) is 5.47. The van der Waals surface area contributed by atoms with Crippen LogP contribution in [0.15, 0.2) is 24.3 Å². The Bertz CT molecular complexity index is 511. The first kappa shape index (κ1) is 13.6. The first-order valence-corrected chi connectivity index (χ1v) is 8.15. The fraction of sp³-hybridized carbons (Fsp3) is 0.500. The van der Waals surface area contributed by atoms with Crippen molar-refractivity contribution in [3.63, 3.8) is 0 Å². The summed E-state index contributed by atoms with van der Waals surface area (Å²) in [6.45, 7) is 1.14. The molecule has 1 aromatic rings. The van der Waals surface area contributed by atoms with Crippen molar-refractivity contribution in [1.29, 1.82) is 0 Å². The van der Waals surface area contributed by atoms with E-state index in [2.05, 4.69) is 5.32 Å². The number of nitrogens with one attached hydrogen (secondary N) is 1. The standard InChI is InChI=1S/C12H17ClN2O2S/c1-18(16,17)15-8-6-10(7-9-15)14-12-5-3-2-4-11(12)13/h2-5,10,14H,6-9H2,1H3. The Kier molecular flexibility index (Phi) is 4.14. The number of hydrogen-bond donors (Lipinski definition) is 1. The van der Waals surface area contributed by atoms with Gasteiger partial charge in [0.05, 0.1) is 17.0 Å².